The molecule has 2 aliphatic rings. The van der Waals surface area contributed by atoms with E-state index in [1.165, 1.54) is 0 Å². The van der Waals surface area contributed by atoms with E-state index in [4.69, 9.17) is 9.47 Å². The first-order chi connectivity index (χ1) is 14.1. The first-order valence-electron chi connectivity index (χ1n) is 9.68. The summed E-state index contributed by atoms with van der Waals surface area (Å²) in [7, 11) is 0. The fourth-order valence-electron chi connectivity index (χ4n) is 3.60. The molecular weight excluding hydrogens is 388 g/mol. The highest BCUT2D eigenvalue weighted by Crippen LogP contribution is 2.31. The predicted octanol–water partition coefficient (Wildman–Crippen LogP) is 2.84. The van der Waals surface area contributed by atoms with E-state index in [1.54, 1.807) is 22.7 Å². The van der Waals surface area contributed by atoms with Crippen LogP contribution in [0.3, 0.4) is 0 Å². The van der Waals surface area contributed by atoms with Crippen LogP contribution >= 0.6 is 11.8 Å². The van der Waals surface area contributed by atoms with E-state index in [0.29, 0.717) is 37.7 Å². The summed E-state index contributed by atoms with van der Waals surface area (Å²) >= 11 is 1.62. The zero-order chi connectivity index (χ0) is 20.4. The van der Waals surface area contributed by atoms with Gasteiger partial charge in [0.25, 0.3) is 11.8 Å². The number of rotatable bonds is 3. The van der Waals surface area contributed by atoms with Gasteiger partial charge in [-0.1, -0.05) is 18.2 Å². The number of benzene rings is 2. The molecule has 152 valence electrons. The van der Waals surface area contributed by atoms with Gasteiger partial charge in [0.2, 0.25) is 6.10 Å². The van der Waals surface area contributed by atoms with Crippen molar-refractivity contribution in [3.63, 3.8) is 0 Å². The Bertz CT molecular complexity index is 925. The topological polar surface area (TPSA) is 59.1 Å². The van der Waals surface area contributed by atoms with E-state index in [9.17, 15) is 9.59 Å². The molecule has 1 saturated heterocycles. The molecule has 1 unspecified atom stereocenters. The molecule has 0 N–H and O–H groups in total. The molecule has 0 spiro atoms. The molecule has 2 amide bonds. The van der Waals surface area contributed by atoms with Crippen LogP contribution in [-0.4, -0.2) is 66.8 Å². The van der Waals surface area contributed by atoms with Crippen molar-refractivity contribution < 1.29 is 19.1 Å². The number of carbonyl (C=O) groups excluding carboxylic acids is 2. The Morgan fingerprint density at radius 2 is 1.69 bits per heavy atom. The van der Waals surface area contributed by atoms with Gasteiger partial charge in [0.05, 0.1) is 0 Å². The number of hydrogen-bond acceptors (Lipinski definition) is 5. The monoisotopic (exact) mass is 412 g/mol. The first-order valence-corrected chi connectivity index (χ1v) is 10.9. The maximum atomic E-state index is 13.0. The van der Waals surface area contributed by atoms with Gasteiger partial charge in [0, 0.05) is 36.6 Å². The number of amides is 2. The van der Waals surface area contributed by atoms with E-state index in [-0.39, 0.29) is 18.4 Å². The summed E-state index contributed by atoms with van der Waals surface area (Å²) in [5.41, 5.74) is 1.70. The van der Waals surface area contributed by atoms with Crippen molar-refractivity contribution in [1.29, 1.82) is 0 Å². The molecule has 2 heterocycles. The summed E-state index contributed by atoms with van der Waals surface area (Å²) in [6, 6.07) is 13.3. The highest BCUT2D eigenvalue weighted by atomic mass is 32.2. The number of carbonyl (C=O) groups is 2. The number of aryl methyl sites for hydroxylation is 1. The van der Waals surface area contributed by atoms with Gasteiger partial charge in [-0.3, -0.25) is 9.59 Å². The number of ether oxygens (including phenoxy) is 2. The zero-order valence-electron chi connectivity index (χ0n) is 16.6. The molecule has 0 bridgehead atoms. The highest BCUT2D eigenvalue weighted by Gasteiger charge is 2.33. The smallest absolute Gasteiger partial charge is 0.267 e. The van der Waals surface area contributed by atoms with E-state index in [0.717, 1.165) is 16.0 Å². The molecule has 1 fully saturated rings. The molecule has 0 aliphatic carbocycles. The second kappa shape index (κ2) is 8.37. The Balaban J connectivity index is 1.37. The van der Waals surface area contributed by atoms with Gasteiger partial charge in [-0.2, -0.15) is 0 Å². The number of piperazine rings is 1. The average molecular weight is 413 g/mol. The second-order valence-electron chi connectivity index (χ2n) is 7.16. The van der Waals surface area contributed by atoms with Crippen molar-refractivity contribution in [2.45, 2.75) is 17.9 Å². The molecule has 6 nitrogen and oxygen atoms in total. The lowest BCUT2D eigenvalue weighted by Gasteiger charge is -2.37. The molecule has 2 aromatic rings. The number of thioether (sulfide) groups is 1. The molecular formula is C22H24N2O4S. The maximum absolute atomic E-state index is 13.0. The predicted molar refractivity (Wildman–Crippen MR) is 112 cm³/mol. The molecule has 0 radical (unpaired) electrons. The van der Waals surface area contributed by atoms with E-state index in [2.05, 4.69) is 0 Å². The van der Waals surface area contributed by atoms with Crippen LogP contribution in [-0.2, 0) is 4.79 Å². The molecule has 1 atom stereocenters. The van der Waals surface area contributed by atoms with Crippen LogP contribution < -0.4 is 9.47 Å². The third-order valence-electron chi connectivity index (χ3n) is 5.34. The van der Waals surface area contributed by atoms with Crippen LogP contribution in [0.2, 0.25) is 0 Å². The minimum absolute atomic E-state index is 0.0247. The highest BCUT2D eigenvalue weighted by molar-refractivity contribution is 7.98. The number of hydrogen-bond donors (Lipinski definition) is 0. The molecule has 0 aromatic heterocycles. The minimum Gasteiger partial charge on any atom is -0.485 e. The van der Waals surface area contributed by atoms with Crippen molar-refractivity contribution >= 4 is 23.6 Å². The van der Waals surface area contributed by atoms with Crippen LogP contribution in [0.1, 0.15) is 15.9 Å². The van der Waals surface area contributed by atoms with Crippen molar-refractivity contribution in [3.05, 3.63) is 53.6 Å². The first kappa shape index (κ1) is 19.6. The second-order valence-corrected chi connectivity index (χ2v) is 8.04. The number of nitrogens with zero attached hydrogens (tertiary/aromatic N) is 2. The number of fused-ring (bicyclic) bond motifs is 1. The van der Waals surface area contributed by atoms with Crippen LogP contribution in [0, 0.1) is 6.92 Å². The molecule has 29 heavy (non-hydrogen) atoms. The van der Waals surface area contributed by atoms with E-state index in [1.807, 2.05) is 54.5 Å². The Hall–Kier alpha value is -2.67. The van der Waals surface area contributed by atoms with Gasteiger partial charge in [-0.15, -0.1) is 11.8 Å². The molecule has 2 aromatic carbocycles. The molecule has 7 heteroatoms. The van der Waals surface area contributed by atoms with Gasteiger partial charge >= 0.3 is 0 Å². The third kappa shape index (κ3) is 4.05. The Kier molecular flexibility index (Phi) is 5.67. The molecule has 0 saturated carbocycles. The third-order valence-corrected chi connectivity index (χ3v) is 6.06. The summed E-state index contributed by atoms with van der Waals surface area (Å²) in [6.07, 6.45) is 1.35. The van der Waals surface area contributed by atoms with Crippen molar-refractivity contribution in [2.24, 2.45) is 0 Å². The van der Waals surface area contributed by atoms with Crippen molar-refractivity contribution in [2.75, 3.05) is 39.0 Å². The van der Waals surface area contributed by atoms with Gasteiger partial charge in [0.15, 0.2) is 11.5 Å². The fraction of sp³-hybridized carbons (Fsp3) is 0.364. The van der Waals surface area contributed by atoms with Gasteiger partial charge < -0.3 is 19.3 Å². The van der Waals surface area contributed by atoms with Crippen LogP contribution in [0.25, 0.3) is 0 Å². The van der Waals surface area contributed by atoms with Gasteiger partial charge in [0.1, 0.15) is 6.61 Å². The summed E-state index contributed by atoms with van der Waals surface area (Å²) in [5, 5.41) is 0. The summed E-state index contributed by atoms with van der Waals surface area (Å²) in [4.78, 5) is 30.5. The van der Waals surface area contributed by atoms with Gasteiger partial charge in [-0.05, 0) is 43.0 Å². The van der Waals surface area contributed by atoms with Crippen LogP contribution in [0.5, 0.6) is 11.5 Å². The Labute approximate surface area is 174 Å². The number of para-hydroxylation sites is 2. The van der Waals surface area contributed by atoms with Crippen LogP contribution in [0.4, 0.5) is 0 Å². The van der Waals surface area contributed by atoms with Crippen molar-refractivity contribution in [1.82, 2.24) is 9.80 Å². The summed E-state index contributed by atoms with van der Waals surface area (Å²) in [6.45, 7) is 4.17. The van der Waals surface area contributed by atoms with Crippen molar-refractivity contribution in [3.8, 4) is 11.5 Å². The largest absolute Gasteiger partial charge is 0.485 e. The normalized spacial score (nSPS) is 18.5. The van der Waals surface area contributed by atoms with E-state index < -0.39 is 6.10 Å². The summed E-state index contributed by atoms with van der Waals surface area (Å²) in [5.74, 6) is 1.19. The lowest BCUT2D eigenvalue weighted by Crippen LogP contribution is -2.55. The fourth-order valence-corrected chi connectivity index (χ4v) is 4.04. The van der Waals surface area contributed by atoms with Crippen LogP contribution in [0.15, 0.2) is 47.4 Å². The standard InChI is InChI=1S/C22H24N2O4S/c1-15-7-8-16(29-2)13-17(15)21(25)23-9-11-24(12-10-23)22(26)20-14-27-18-5-3-4-6-19(18)28-20/h3-8,13,20H,9-12,14H2,1-2H3. The molecule has 2 aliphatic heterocycles. The molecule has 4 rings (SSSR count). The maximum Gasteiger partial charge on any atom is 0.267 e. The van der Waals surface area contributed by atoms with Gasteiger partial charge in [-0.25, -0.2) is 0 Å². The lowest BCUT2D eigenvalue weighted by molar-refractivity contribution is -0.142. The Morgan fingerprint density at radius 1 is 1.00 bits per heavy atom. The zero-order valence-corrected chi connectivity index (χ0v) is 17.4. The average Bonchev–Trinajstić information content (AvgIpc) is 2.78. The minimum atomic E-state index is -0.646. The summed E-state index contributed by atoms with van der Waals surface area (Å²) < 4.78 is 11.5. The quantitative estimate of drug-likeness (QED) is 0.726. The SMILES string of the molecule is CSc1ccc(C)c(C(=O)N2CCN(C(=O)C3COc4ccccc4O3)CC2)c1. The van der Waals surface area contributed by atoms with E-state index >= 15 is 0 Å². The Morgan fingerprint density at radius 3 is 2.41 bits per heavy atom. The lowest BCUT2D eigenvalue weighted by atomic mass is 10.1.